The lowest BCUT2D eigenvalue weighted by molar-refractivity contribution is 0.575. The lowest BCUT2D eigenvalue weighted by Crippen LogP contribution is -2.13. The smallest absolute Gasteiger partial charge is 0.110 e. The summed E-state index contributed by atoms with van der Waals surface area (Å²) in [6.45, 7) is 6.44. The Kier molecular flexibility index (Phi) is 2.10. The van der Waals surface area contributed by atoms with E-state index in [-0.39, 0.29) is 5.41 Å². The molecule has 74 valence electrons. The highest BCUT2D eigenvalue weighted by molar-refractivity contribution is 9.10. The fourth-order valence-electron chi connectivity index (χ4n) is 1.50. The van der Waals surface area contributed by atoms with E-state index in [4.69, 9.17) is 0 Å². The van der Waals surface area contributed by atoms with Gasteiger partial charge in [0.25, 0.3) is 0 Å². The topological polar surface area (TPSA) is 41.6 Å². The predicted octanol–water partition coefficient (Wildman–Crippen LogP) is 3.02. The number of aromatic amines is 1. The van der Waals surface area contributed by atoms with Crippen molar-refractivity contribution in [3.63, 3.8) is 0 Å². The van der Waals surface area contributed by atoms with E-state index in [1.54, 1.807) is 6.20 Å². The Balaban J connectivity index is 2.82. The van der Waals surface area contributed by atoms with Gasteiger partial charge in [0.2, 0.25) is 0 Å². The van der Waals surface area contributed by atoms with E-state index in [0.29, 0.717) is 0 Å². The Labute approximate surface area is 91.1 Å². The van der Waals surface area contributed by atoms with Crippen LogP contribution in [0.3, 0.4) is 0 Å². The van der Waals surface area contributed by atoms with Crippen LogP contribution < -0.4 is 0 Å². The van der Waals surface area contributed by atoms with Crippen molar-refractivity contribution in [1.29, 1.82) is 0 Å². The van der Waals surface area contributed by atoms with Gasteiger partial charge in [-0.2, -0.15) is 5.10 Å². The molecule has 0 bridgehead atoms. The maximum absolute atomic E-state index is 4.42. The van der Waals surface area contributed by atoms with E-state index < -0.39 is 0 Å². The van der Waals surface area contributed by atoms with Gasteiger partial charge in [0.1, 0.15) is 4.60 Å². The van der Waals surface area contributed by atoms with Crippen LogP contribution in [-0.4, -0.2) is 15.2 Å². The van der Waals surface area contributed by atoms with Gasteiger partial charge >= 0.3 is 0 Å². The highest BCUT2D eigenvalue weighted by Gasteiger charge is 2.21. The zero-order valence-corrected chi connectivity index (χ0v) is 10.0. The molecule has 0 aliphatic heterocycles. The summed E-state index contributed by atoms with van der Waals surface area (Å²) in [5.74, 6) is 0. The average Bonchev–Trinajstić information content (AvgIpc) is 2.46. The first-order chi connectivity index (χ1) is 6.50. The van der Waals surface area contributed by atoms with Crippen LogP contribution in [0.25, 0.3) is 10.9 Å². The Morgan fingerprint density at radius 2 is 2.07 bits per heavy atom. The van der Waals surface area contributed by atoms with Gasteiger partial charge in [0.05, 0.1) is 16.6 Å². The average molecular weight is 254 g/mol. The van der Waals surface area contributed by atoms with Crippen molar-refractivity contribution in [2.45, 2.75) is 26.2 Å². The number of H-pyrrole nitrogens is 1. The summed E-state index contributed by atoms with van der Waals surface area (Å²) in [5, 5.41) is 8.18. The number of fused-ring (bicyclic) bond motifs is 1. The third kappa shape index (κ3) is 1.43. The molecule has 0 unspecified atom stereocenters. The standard InChI is InChI=1S/C10H12BrN3/c1-10(2,3)8-7-6(4-5-12-8)13-14-9(7)11/h4-5H,1-3H3,(H,13,14). The molecule has 2 rings (SSSR count). The molecule has 0 radical (unpaired) electrons. The molecular weight excluding hydrogens is 242 g/mol. The largest absolute Gasteiger partial charge is 0.270 e. The summed E-state index contributed by atoms with van der Waals surface area (Å²) in [5.41, 5.74) is 2.05. The van der Waals surface area contributed by atoms with Crippen molar-refractivity contribution in [2.75, 3.05) is 0 Å². The zero-order valence-electron chi connectivity index (χ0n) is 8.43. The minimum Gasteiger partial charge on any atom is -0.270 e. The van der Waals surface area contributed by atoms with Crippen molar-refractivity contribution in [1.82, 2.24) is 15.2 Å². The van der Waals surface area contributed by atoms with Gasteiger partial charge in [-0.15, -0.1) is 0 Å². The second-order valence-electron chi connectivity index (χ2n) is 4.34. The first-order valence-corrected chi connectivity index (χ1v) is 5.28. The van der Waals surface area contributed by atoms with E-state index in [2.05, 4.69) is 51.9 Å². The Hall–Kier alpha value is -0.900. The maximum atomic E-state index is 4.42. The second-order valence-corrected chi connectivity index (χ2v) is 5.13. The number of aromatic nitrogens is 3. The molecule has 2 heterocycles. The first-order valence-electron chi connectivity index (χ1n) is 4.49. The number of rotatable bonds is 0. The Bertz CT molecular complexity index is 468. The molecule has 0 saturated carbocycles. The summed E-state index contributed by atoms with van der Waals surface area (Å²) < 4.78 is 0.908. The van der Waals surface area contributed by atoms with Crippen molar-refractivity contribution in [3.05, 3.63) is 22.6 Å². The van der Waals surface area contributed by atoms with Gasteiger partial charge in [-0.1, -0.05) is 20.8 Å². The van der Waals surface area contributed by atoms with Gasteiger partial charge in [-0.05, 0) is 22.0 Å². The molecule has 14 heavy (non-hydrogen) atoms. The van der Waals surface area contributed by atoms with Gasteiger partial charge in [-0.25, -0.2) is 0 Å². The molecule has 0 atom stereocenters. The first kappa shape index (κ1) is 9.65. The lowest BCUT2D eigenvalue weighted by atomic mass is 9.90. The predicted molar refractivity (Wildman–Crippen MR) is 60.3 cm³/mol. The lowest BCUT2D eigenvalue weighted by Gasteiger charge is -2.18. The van der Waals surface area contributed by atoms with Crippen LogP contribution in [0, 0.1) is 0 Å². The second kappa shape index (κ2) is 3.05. The van der Waals surface area contributed by atoms with Crippen molar-refractivity contribution >= 4 is 26.8 Å². The van der Waals surface area contributed by atoms with Crippen LogP contribution in [0.4, 0.5) is 0 Å². The molecule has 1 N–H and O–H groups in total. The van der Waals surface area contributed by atoms with Gasteiger partial charge in [0.15, 0.2) is 0 Å². The van der Waals surface area contributed by atoms with E-state index in [1.165, 1.54) is 0 Å². The van der Waals surface area contributed by atoms with Crippen LogP contribution in [0.15, 0.2) is 16.9 Å². The fraction of sp³-hybridized carbons (Fsp3) is 0.400. The minimum absolute atomic E-state index is 0.0336. The summed E-state index contributed by atoms with van der Waals surface area (Å²) in [6.07, 6.45) is 1.80. The minimum atomic E-state index is 0.0336. The maximum Gasteiger partial charge on any atom is 0.110 e. The molecule has 4 heteroatoms. The van der Waals surface area contributed by atoms with Crippen molar-refractivity contribution < 1.29 is 0 Å². The Morgan fingerprint density at radius 1 is 1.36 bits per heavy atom. The zero-order chi connectivity index (χ0) is 10.3. The number of halogens is 1. The third-order valence-corrected chi connectivity index (χ3v) is 2.71. The van der Waals surface area contributed by atoms with Crippen LogP contribution in [0.5, 0.6) is 0 Å². The Morgan fingerprint density at radius 3 is 2.71 bits per heavy atom. The summed E-state index contributed by atoms with van der Waals surface area (Å²) >= 11 is 3.45. The molecule has 2 aromatic heterocycles. The summed E-state index contributed by atoms with van der Waals surface area (Å²) in [4.78, 5) is 4.42. The van der Waals surface area contributed by atoms with Crippen LogP contribution in [-0.2, 0) is 5.41 Å². The molecule has 0 aliphatic carbocycles. The van der Waals surface area contributed by atoms with E-state index in [9.17, 15) is 0 Å². The highest BCUT2D eigenvalue weighted by atomic mass is 79.9. The van der Waals surface area contributed by atoms with Crippen molar-refractivity contribution in [3.8, 4) is 0 Å². The number of nitrogens with one attached hydrogen (secondary N) is 1. The number of nitrogens with zero attached hydrogens (tertiary/aromatic N) is 2. The highest BCUT2D eigenvalue weighted by Crippen LogP contribution is 2.31. The monoisotopic (exact) mass is 253 g/mol. The van der Waals surface area contributed by atoms with E-state index in [0.717, 1.165) is 21.2 Å². The van der Waals surface area contributed by atoms with E-state index in [1.807, 2.05) is 6.07 Å². The molecule has 3 nitrogen and oxygen atoms in total. The molecule has 0 spiro atoms. The molecular formula is C10H12BrN3. The van der Waals surface area contributed by atoms with Gasteiger partial charge in [0, 0.05) is 11.6 Å². The molecule has 2 aromatic rings. The number of hydrogen-bond donors (Lipinski definition) is 1. The fourth-order valence-corrected chi connectivity index (χ4v) is 1.97. The molecule has 0 aromatic carbocycles. The van der Waals surface area contributed by atoms with E-state index >= 15 is 0 Å². The quantitative estimate of drug-likeness (QED) is 0.785. The van der Waals surface area contributed by atoms with Crippen LogP contribution in [0.1, 0.15) is 26.5 Å². The number of hydrogen-bond acceptors (Lipinski definition) is 2. The number of pyridine rings is 1. The van der Waals surface area contributed by atoms with Crippen LogP contribution in [0.2, 0.25) is 0 Å². The van der Waals surface area contributed by atoms with Crippen molar-refractivity contribution in [2.24, 2.45) is 0 Å². The third-order valence-electron chi connectivity index (χ3n) is 2.13. The SMILES string of the molecule is CC(C)(C)c1nccc2n[nH]c(Br)c12. The molecule has 0 saturated heterocycles. The van der Waals surface area contributed by atoms with Gasteiger partial charge in [-0.3, -0.25) is 10.1 Å². The summed E-state index contributed by atoms with van der Waals surface area (Å²) in [7, 11) is 0. The molecule has 0 amide bonds. The molecule has 0 fully saturated rings. The normalized spacial score (nSPS) is 12.3. The summed E-state index contributed by atoms with van der Waals surface area (Å²) in [6, 6.07) is 1.91. The van der Waals surface area contributed by atoms with Crippen LogP contribution >= 0.6 is 15.9 Å². The molecule has 0 aliphatic rings. The van der Waals surface area contributed by atoms with Gasteiger partial charge < -0.3 is 0 Å².